The number of carboxylic acid groups (broad SMARTS) is 1. The van der Waals surface area contributed by atoms with E-state index >= 15 is 0 Å². The lowest BCUT2D eigenvalue weighted by molar-refractivity contribution is 0.0693. The van der Waals surface area contributed by atoms with Gasteiger partial charge in [0.1, 0.15) is 5.56 Å². The van der Waals surface area contributed by atoms with Gasteiger partial charge in [-0.25, -0.2) is 9.59 Å². The summed E-state index contributed by atoms with van der Waals surface area (Å²) in [7, 11) is 0. The molecular weight excluding hydrogens is 260 g/mol. The third kappa shape index (κ3) is 3.88. The standard InChI is InChI=1S/C14H20N2O4/c1-4-10(8(2)3)15-14(20)16-11-7-5-6-9(12(11)17)13(18)19/h5-8,10,17H,4H2,1-3H3,(H,18,19)(H2,15,16,20). The summed E-state index contributed by atoms with van der Waals surface area (Å²) in [5, 5.41) is 23.9. The highest BCUT2D eigenvalue weighted by Gasteiger charge is 2.17. The summed E-state index contributed by atoms with van der Waals surface area (Å²) >= 11 is 0. The number of phenols is 1. The van der Waals surface area contributed by atoms with E-state index in [2.05, 4.69) is 10.6 Å². The molecule has 20 heavy (non-hydrogen) atoms. The van der Waals surface area contributed by atoms with Crippen LogP contribution in [-0.2, 0) is 0 Å². The van der Waals surface area contributed by atoms with Crippen LogP contribution >= 0.6 is 0 Å². The molecular formula is C14H20N2O4. The van der Waals surface area contributed by atoms with Crippen molar-refractivity contribution in [1.29, 1.82) is 0 Å². The highest BCUT2D eigenvalue weighted by Crippen LogP contribution is 2.27. The number of carbonyl (C=O) groups is 2. The van der Waals surface area contributed by atoms with Crippen LogP contribution in [0.5, 0.6) is 5.75 Å². The number of rotatable bonds is 5. The molecule has 1 unspecified atom stereocenters. The van der Waals surface area contributed by atoms with E-state index in [9.17, 15) is 14.7 Å². The van der Waals surface area contributed by atoms with E-state index in [-0.39, 0.29) is 23.2 Å². The SMILES string of the molecule is CCC(NC(=O)Nc1cccc(C(=O)O)c1O)C(C)C. The lowest BCUT2D eigenvalue weighted by atomic mass is 10.0. The van der Waals surface area contributed by atoms with Crippen molar-refractivity contribution in [1.82, 2.24) is 5.32 Å². The molecule has 1 aromatic carbocycles. The zero-order chi connectivity index (χ0) is 15.3. The number of anilines is 1. The summed E-state index contributed by atoms with van der Waals surface area (Å²) in [5.41, 5.74) is -0.181. The van der Waals surface area contributed by atoms with Gasteiger partial charge < -0.3 is 20.8 Å². The Morgan fingerprint density at radius 3 is 2.45 bits per heavy atom. The minimum absolute atomic E-state index is 0.0137. The minimum atomic E-state index is -1.25. The zero-order valence-corrected chi connectivity index (χ0v) is 11.8. The van der Waals surface area contributed by atoms with E-state index in [1.165, 1.54) is 18.2 Å². The number of urea groups is 1. The van der Waals surface area contributed by atoms with Gasteiger partial charge in [0.05, 0.1) is 5.69 Å². The van der Waals surface area contributed by atoms with Gasteiger partial charge in [-0.15, -0.1) is 0 Å². The predicted molar refractivity (Wildman–Crippen MR) is 76.1 cm³/mol. The van der Waals surface area contributed by atoms with Gasteiger partial charge in [0.25, 0.3) is 0 Å². The quantitative estimate of drug-likeness (QED) is 0.623. The van der Waals surface area contributed by atoms with Gasteiger partial charge >= 0.3 is 12.0 Å². The fraction of sp³-hybridized carbons (Fsp3) is 0.429. The molecule has 0 saturated heterocycles. The molecule has 0 saturated carbocycles. The minimum Gasteiger partial charge on any atom is -0.505 e. The van der Waals surface area contributed by atoms with Crippen LogP contribution in [0.2, 0.25) is 0 Å². The molecule has 1 rings (SSSR count). The summed E-state index contributed by atoms with van der Waals surface area (Å²) in [5.74, 6) is -1.42. The summed E-state index contributed by atoms with van der Waals surface area (Å²) in [4.78, 5) is 22.7. The van der Waals surface area contributed by atoms with Crippen molar-refractivity contribution in [3.63, 3.8) is 0 Å². The molecule has 6 heteroatoms. The van der Waals surface area contributed by atoms with Gasteiger partial charge in [-0.2, -0.15) is 0 Å². The first kappa shape index (κ1) is 15.8. The third-order valence-corrected chi connectivity index (χ3v) is 3.08. The third-order valence-electron chi connectivity index (χ3n) is 3.08. The van der Waals surface area contributed by atoms with E-state index < -0.39 is 17.7 Å². The molecule has 4 N–H and O–H groups in total. The van der Waals surface area contributed by atoms with Gasteiger partial charge in [0.2, 0.25) is 0 Å². The number of carbonyl (C=O) groups excluding carboxylic acids is 1. The lowest BCUT2D eigenvalue weighted by Crippen LogP contribution is -2.40. The van der Waals surface area contributed by atoms with E-state index in [0.717, 1.165) is 6.42 Å². The Kier molecular flexibility index (Phi) is 5.37. The highest BCUT2D eigenvalue weighted by atomic mass is 16.4. The van der Waals surface area contributed by atoms with Crippen molar-refractivity contribution >= 4 is 17.7 Å². The second-order valence-electron chi connectivity index (χ2n) is 4.86. The predicted octanol–water partition coefficient (Wildman–Crippen LogP) is 2.65. The van der Waals surface area contributed by atoms with E-state index in [1.807, 2.05) is 20.8 Å². The Morgan fingerprint density at radius 2 is 1.95 bits per heavy atom. The molecule has 0 fully saturated rings. The van der Waals surface area contributed by atoms with Crippen molar-refractivity contribution in [3.8, 4) is 5.75 Å². The van der Waals surface area contributed by atoms with Gasteiger partial charge in [0, 0.05) is 6.04 Å². The summed E-state index contributed by atoms with van der Waals surface area (Å²) in [6.45, 7) is 5.96. The normalized spacial score (nSPS) is 12.0. The monoisotopic (exact) mass is 280 g/mol. The maximum absolute atomic E-state index is 11.8. The van der Waals surface area contributed by atoms with Gasteiger partial charge in [-0.05, 0) is 24.5 Å². The zero-order valence-electron chi connectivity index (χ0n) is 11.8. The average Bonchev–Trinajstić information content (AvgIpc) is 2.37. The van der Waals surface area contributed by atoms with Crippen LogP contribution in [0.15, 0.2) is 18.2 Å². The molecule has 2 amide bonds. The summed E-state index contributed by atoms with van der Waals surface area (Å²) in [6.07, 6.45) is 0.784. The number of hydrogen-bond acceptors (Lipinski definition) is 3. The lowest BCUT2D eigenvalue weighted by Gasteiger charge is -2.21. The van der Waals surface area contributed by atoms with Gasteiger partial charge in [-0.1, -0.05) is 26.8 Å². The Balaban J connectivity index is 2.81. The van der Waals surface area contributed by atoms with Crippen LogP contribution in [-0.4, -0.2) is 28.3 Å². The number of hydrogen-bond donors (Lipinski definition) is 4. The molecule has 0 aromatic heterocycles. The number of amides is 2. The Morgan fingerprint density at radius 1 is 1.30 bits per heavy atom. The first-order valence-corrected chi connectivity index (χ1v) is 6.49. The van der Waals surface area contributed by atoms with E-state index in [0.29, 0.717) is 0 Å². The number of para-hydroxylation sites is 1. The number of aromatic carboxylic acids is 1. The van der Waals surface area contributed by atoms with Gasteiger partial charge in [-0.3, -0.25) is 0 Å². The highest BCUT2D eigenvalue weighted by molar-refractivity contribution is 5.97. The molecule has 1 aromatic rings. The number of nitrogens with one attached hydrogen (secondary N) is 2. The van der Waals surface area contributed by atoms with E-state index in [1.54, 1.807) is 0 Å². The Bertz CT molecular complexity index is 500. The van der Waals surface area contributed by atoms with Crippen LogP contribution in [0.25, 0.3) is 0 Å². The number of aromatic hydroxyl groups is 1. The van der Waals surface area contributed by atoms with Crippen molar-refractivity contribution < 1.29 is 19.8 Å². The number of benzene rings is 1. The molecule has 0 spiro atoms. The second-order valence-corrected chi connectivity index (χ2v) is 4.86. The van der Waals surface area contributed by atoms with Crippen molar-refractivity contribution in [2.45, 2.75) is 33.2 Å². The second kappa shape index (κ2) is 6.79. The fourth-order valence-corrected chi connectivity index (χ4v) is 1.88. The van der Waals surface area contributed by atoms with Crippen LogP contribution in [0.3, 0.4) is 0 Å². The molecule has 0 radical (unpaired) electrons. The van der Waals surface area contributed by atoms with E-state index in [4.69, 9.17) is 5.11 Å². The maximum atomic E-state index is 11.8. The molecule has 110 valence electrons. The summed E-state index contributed by atoms with van der Waals surface area (Å²) in [6, 6.07) is 3.71. The van der Waals surface area contributed by atoms with Crippen molar-refractivity contribution in [3.05, 3.63) is 23.8 Å². The largest absolute Gasteiger partial charge is 0.505 e. The molecule has 0 bridgehead atoms. The summed E-state index contributed by atoms with van der Waals surface area (Å²) < 4.78 is 0. The molecule has 1 atom stereocenters. The van der Waals surface area contributed by atoms with Crippen molar-refractivity contribution in [2.75, 3.05) is 5.32 Å². The maximum Gasteiger partial charge on any atom is 0.339 e. The van der Waals surface area contributed by atoms with Crippen LogP contribution in [0, 0.1) is 5.92 Å². The first-order valence-electron chi connectivity index (χ1n) is 6.49. The molecule has 0 aliphatic heterocycles. The van der Waals surface area contributed by atoms with Crippen LogP contribution < -0.4 is 10.6 Å². The van der Waals surface area contributed by atoms with Crippen molar-refractivity contribution in [2.24, 2.45) is 5.92 Å². The first-order chi connectivity index (χ1) is 9.36. The average molecular weight is 280 g/mol. The Labute approximate surface area is 117 Å². The Hall–Kier alpha value is -2.24. The van der Waals surface area contributed by atoms with Crippen LogP contribution in [0.1, 0.15) is 37.6 Å². The number of carboxylic acids is 1. The van der Waals surface area contributed by atoms with Crippen LogP contribution in [0.4, 0.5) is 10.5 Å². The van der Waals surface area contributed by atoms with Gasteiger partial charge in [0.15, 0.2) is 5.75 Å². The smallest absolute Gasteiger partial charge is 0.339 e. The molecule has 0 aliphatic carbocycles. The molecule has 6 nitrogen and oxygen atoms in total. The fourth-order valence-electron chi connectivity index (χ4n) is 1.88. The topological polar surface area (TPSA) is 98.7 Å². The molecule has 0 aliphatic rings. The molecule has 0 heterocycles.